The molecule has 82 valence electrons. The summed E-state index contributed by atoms with van der Waals surface area (Å²) in [7, 11) is 0. The van der Waals surface area contributed by atoms with Gasteiger partial charge in [-0.1, -0.05) is 6.07 Å². The number of halogens is 1. The lowest BCUT2D eigenvalue weighted by molar-refractivity contribution is -0.142. The molecule has 0 saturated carbocycles. The quantitative estimate of drug-likeness (QED) is 0.734. The number of nitrogens with two attached hydrogens (primary N) is 1. The first-order valence-corrected chi connectivity index (χ1v) is 5.40. The zero-order chi connectivity index (χ0) is 11.6. The Morgan fingerprint density at radius 1 is 1.60 bits per heavy atom. The van der Waals surface area contributed by atoms with Gasteiger partial charge in [-0.2, -0.15) is 0 Å². The van der Waals surface area contributed by atoms with Gasteiger partial charge in [0.2, 0.25) is 0 Å². The largest absolute Gasteiger partial charge is 0.507 e. The molecule has 1 rings (SSSR count). The highest BCUT2D eigenvalue weighted by Gasteiger charge is 2.28. The number of rotatable bonds is 3. The van der Waals surface area contributed by atoms with Crippen molar-refractivity contribution in [2.24, 2.45) is 5.73 Å². The van der Waals surface area contributed by atoms with Gasteiger partial charge in [0.25, 0.3) is 0 Å². The van der Waals surface area contributed by atoms with Crippen molar-refractivity contribution in [1.82, 2.24) is 0 Å². The SMILES string of the molecule is CC(N)(Cc1ccc(O)c([125I])c1)C(=O)O. The highest BCUT2D eigenvalue weighted by atomic mass is 125. The molecule has 1 aromatic rings. The average Bonchev–Trinajstić information content (AvgIpc) is 2.10. The van der Waals surface area contributed by atoms with E-state index >= 15 is 0 Å². The molecule has 4 nitrogen and oxygen atoms in total. The van der Waals surface area contributed by atoms with Gasteiger partial charge in [0, 0.05) is 6.42 Å². The van der Waals surface area contributed by atoms with E-state index in [2.05, 4.69) is 0 Å². The van der Waals surface area contributed by atoms with Crippen molar-refractivity contribution >= 4 is 28.6 Å². The second-order valence-electron chi connectivity index (χ2n) is 3.69. The number of hydrogen-bond donors (Lipinski definition) is 3. The smallest absolute Gasteiger partial charge is 0.323 e. The van der Waals surface area contributed by atoms with Crippen molar-refractivity contribution in [3.63, 3.8) is 0 Å². The molecule has 0 amide bonds. The molecule has 0 aliphatic heterocycles. The lowest BCUT2D eigenvalue weighted by Crippen LogP contribution is -2.46. The number of hydrogen-bond acceptors (Lipinski definition) is 3. The fraction of sp³-hybridized carbons (Fsp3) is 0.300. The number of aliphatic carboxylic acids is 1. The summed E-state index contributed by atoms with van der Waals surface area (Å²) in [6, 6.07) is 4.94. The monoisotopic (exact) mass is 319 g/mol. The van der Waals surface area contributed by atoms with E-state index in [0.29, 0.717) is 3.57 Å². The number of benzene rings is 1. The fourth-order valence-electron chi connectivity index (χ4n) is 1.16. The molecule has 0 bridgehead atoms. The molecular formula is C10H12INO3. The van der Waals surface area contributed by atoms with Crippen molar-refractivity contribution in [2.45, 2.75) is 18.9 Å². The Hall–Kier alpha value is -0.820. The number of phenols is 1. The van der Waals surface area contributed by atoms with Crippen molar-refractivity contribution < 1.29 is 15.0 Å². The number of carboxylic acid groups (broad SMARTS) is 1. The maximum absolute atomic E-state index is 10.8. The van der Waals surface area contributed by atoms with Crippen LogP contribution in [0.1, 0.15) is 12.5 Å². The van der Waals surface area contributed by atoms with Crippen LogP contribution in [0.5, 0.6) is 5.75 Å². The predicted molar refractivity (Wildman–Crippen MR) is 64.8 cm³/mol. The first-order valence-electron chi connectivity index (χ1n) is 4.32. The minimum Gasteiger partial charge on any atom is -0.507 e. The molecule has 0 saturated heterocycles. The minimum atomic E-state index is -1.28. The summed E-state index contributed by atoms with van der Waals surface area (Å²) in [6.45, 7) is 1.47. The topological polar surface area (TPSA) is 83.5 Å². The van der Waals surface area contributed by atoms with Crippen LogP contribution in [0.3, 0.4) is 0 Å². The Morgan fingerprint density at radius 3 is 2.67 bits per heavy atom. The maximum atomic E-state index is 10.8. The van der Waals surface area contributed by atoms with E-state index in [9.17, 15) is 9.90 Å². The number of carbonyl (C=O) groups is 1. The maximum Gasteiger partial charge on any atom is 0.323 e. The van der Waals surface area contributed by atoms with Crippen molar-refractivity contribution in [3.05, 3.63) is 27.3 Å². The minimum absolute atomic E-state index is 0.188. The van der Waals surface area contributed by atoms with Crippen LogP contribution in [0.2, 0.25) is 0 Å². The van der Waals surface area contributed by atoms with Crippen LogP contribution in [0.25, 0.3) is 0 Å². The molecule has 0 fully saturated rings. The summed E-state index contributed by atoms with van der Waals surface area (Å²) >= 11 is 1.98. The molecule has 0 heterocycles. The van der Waals surface area contributed by atoms with Gasteiger partial charge in [-0.15, -0.1) is 0 Å². The van der Waals surface area contributed by atoms with Crippen LogP contribution < -0.4 is 5.73 Å². The summed E-state index contributed by atoms with van der Waals surface area (Å²) < 4.78 is 0.686. The second kappa shape index (κ2) is 4.36. The van der Waals surface area contributed by atoms with Gasteiger partial charge in [-0.25, -0.2) is 0 Å². The van der Waals surface area contributed by atoms with E-state index in [-0.39, 0.29) is 12.2 Å². The molecule has 0 aromatic heterocycles. The Kier molecular flexibility index (Phi) is 3.56. The van der Waals surface area contributed by atoms with Crippen LogP contribution in [0, 0.1) is 3.57 Å². The van der Waals surface area contributed by atoms with Gasteiger partial charge in [0.15, 0.2) is 0 Å². The Bertz CT molecular complexity index is 390. The molecule has 0 spiro atoms. The summed E-state index contributed by atoms with van der Waals surface area (Å²) in [4.78, 5) is 10.8. The third-order valence-electron chi connectivity index (χ3n) is 2.07. The molecule has 0 aliphatic rings. The van der Waals surface area contributed by atoms with Gasteiger partial charge < -0.3 is 15.9 Å². The molecular weight excluding hydrogens is 307 g/mol. The molecule has 1 atom stereocenters. The van der Waals surface area contributed by atoms with Crippen molar-refractivity contribution in [1.29, 1.82) is 0 Å². The highest BCUT2D eigenvalue weighted by Crippen LogP contribution is 2.22. The zero-order valence-electron chi connectivity index (χ0n) is 8.20. The van der Waals surface area contributed by atoms with E-state index < -0.39 is 11.5 Å². The molecule has 0 radical (unpaired) electrons. The zero-order valence-corrected chi connectivity index (χ0v) is 10.4. The van der Waals surface area contributed by atoms with E-state index in [1.165, 1.54) is 13.0 Å². The van der Waals surface area contributed by atoms with Gasteiger partial charge in [0.05, 0.1) is 3.57 Å². The van der Waals surface area contributed by atoms with Crippen LogP contribution in [0.15, 0.2) is 18.2 Å². The number of aromatic hydroxyl groups is 1. The van der Waals surface area contributed by atoms with E-state index in [1.54, 1.807) is 12.1 Å². The fourth-order valence-corrected chi connectivity index (χ4v) is 1.74. The Morgan fingerprint density at radius 2 is 2.20 bits per heavy atom. The summed E-state index contributed by atoms with van der Waals surface area (Å²) in [5, 5.41) is 18.1. The van der Waals surface area contributed by atoms with E-state index in [1.807, 2.05) is 22.6 Å². The predicted octanol–water partition coefficient (Wildman–Crippen LogP) is 1.34. The summed E-state index contributed by atoms with van der Waals surface area (Å²) in [6.07, 6.45) is 0.235. The number of carboxylic acids is 1. The first kappa shape index (κ1) is 12.3. The Balaban J connectivity index is 2.91. The van der Waals surface area contributed by atoms with Crippen LogP contribution in [-0.2, 0) is 11.2 Å². The summed E-state index contributed by atoms with van der Waals surface area (Å²) in [5.41, 5.74) is 5.13. The standard InChI is InChI=1S/C10H12INO3/c1-10(12,9(14)15)5-6-2-3-8(13)7(11)4-6/h2-4,13H,5,12H2,1H3,(H,14,15)/i11-2. The molecule has 5 heteroatoms. The molecule has 4 N–H and O–H groups in total. The number of phenolic OH excluding ortho intramolecular Hbond substituents is 1. The van der Waals surface area contributed by atoms with Gasteiger partial charge in [-0.3, -0.25) is 4.79 Å². The third-order valence-corrected chi connectivity index (χ3v) is 2.94. The third kappa shape index (κ3) is 3.07. The van der Waals surface area contributed by atoms with E-state index in [0.717, 1.165) is 5.56 Å². The van der Waals surface area contributed by atoms with Crippen LogP contribution >= 0.6 is 22.6 Å². The van der Waals surface area contributed by atoms with E-state index in [4.69, 9.17) is 10.8 Å². The van der Waals surface area contributed by atoms with Crippen molar-refractivity contribution in [3.8, 4) is 5.75 Å². The van der Waals surface area contributed by atoms with Crippen LogP contribution in [-0.4, -0.2) is 21.7 Å². The molecule has 1 unspecified atom stereocenters. The summed E-state index contributed by atoms with van der Waals surface area (Å²) in [5.74, 6) is -0.848. The first-order chi connectivity index (χ1) is 6.83. The lowest BCUT2D eigenvalue weighted by atomic mass is 9.94. The van der Waals surface area contributed by atoms with Crippen LogP contribution in [0.4, 0.5) is 0 Å². The molecule has 1 aromatic carbocycles. The normalized spacial score (nSPS) is 14.6. The van der Waals surface area contributed by atoms with Gasteiger partial charge in [-0.05, 0) is 47.2 Å². The second-order valence-corrected chi connectivity index (χ2v) is 4.85. The van der Waals surface area contributed by atoms with Gasteiger partial charge in [0.1, 0.15) is 11.3 Å². The van der Waals surface area contributed by atoms with Gasteiger partial charge >= 0.3 is 5.97 Å². The lowest BCUT2D eigenvalue weighted by Gasteiger charge is -2.19. The van der Waals surface area contributed by atoms with Crippen molar-refractivity contribution in [2.75, 3.05) is 0 Å². The molecule has 15 heavy (non-hydrogen) atoms. The Labute approximate surface area is 101 Å². The average molecular weight is 319 g/mol. The molecule has 0 aliphatic carbocycles. The highest BCUT2D eigenvalue weighted by molar-refractivity contribution is 14.1.